The first-order chi connectivity index (χ1) is 6.79. The van der Waals surface area contributed by atoms with Crippen molar-refractivity contribution in [1.82, 2.24) is 4.90 Å². The molecule has 0 aliphatic carbocycles. The predicted molar refractivity (Wildman–Crippen MR) is 65.3 cm³/mol. The summed E-state index contributed by atoms with van der Waals surface area (Å²) in [5, 5.41) is 0. The second-order valence-corrected chi connectivity index (χ2v) is 4.44. The van der Waals surface area contributed by atoms with Gasteiger partial charge in [-0.3, -0.25) is 4.90 Å². The van der Waals surface area contributed by atoms with E-state index in [2.05, 4.69) is 55.2 Å². The highest BCUT2D eigenvalue weighted by molar-refractivity contribution is 5.85. The minimum Gasteiger partial charge on any atom is -0.280 e. The van der Waals surface area contributed by atoms with Crippen LogP contribution in [0.25, 0.3) is 0 Å². The smallest absolute Gasteiger partial charge is 0.0547 e. The fraction of sp³-hybridized carbons (Fsp3) is 0.385. The van der Waals surface area contributed by atoms with Crippen LogP contribution in [0.5, 0.6) is 0 Å². The van der Waals surface area contributed by atoms with E-state index in [-0.39, 0.29) is 12.4 Å². The van der Waals surface area contributed by atoms with Crippen LogP contribution in [-0.2, 0) is 0 Å². The van der Waals surface area contributed by atoms with Gasteiger partial charge in [0, 0.05) is 6.04 Å². The molecule has 0 aromatic heterocycles. The van der Waals surface area contributed by atoms with E-state index in [9.17, 15) is 0 Å². The van der Waals surface area contributed by atoms with Crippen molar-refractivity contribution >= 4 is 12.4 Å². The van der Waals surface area contributed by atoms with Crippen LogP contribution in [0.4, 0.5) is 0 Å². The van der Waals surface area contributed by atoms with Crippen molar-refractivity contribution in [3.63, 3.8) is 0 Å². The first-order valence-corrected chi connectivity index (χ1v) is 5.33. The second-order valence-electron chi connectivity index (χ2n) is 4.44. The van der Waals surface area contributed by atoms with Gasteiger partial charge in [0.15, 0.2) is 0 Å². The van der Waals surface area contributed by atoms with E-state index in [4.69, 9.17) is 0 Å². The van der Waals surface area contributed by atoms with Crippen molar-refractivity contribution < 1.29 is 0 Å². The summed E-state index contributed by atoms with van der Waals surface area (Å²) in [5.74, 6) is 0. The molecule has 80 valence electrons. The minimum atomic E-state index is 0. The molecule has 2 aliphatic heterocycles. The van der Waals surface area contributed by atoms with Gasteiger partial charge < -0.3 is 0 Å². The zero-order chi connectivity index (χ0) is 9.71. The number of rotatable bonds is 1. The Kier molecular flexibility index (Phi) is 2.61. The summed E-state index contributed by atoms with van der Waals surface area (Å²) < 4.78 is 0. The third-order valence-electron chi connectivity index (χ3n) is 3.35. The molecule has 2 atom stereocenters. The number of benzene rings is 1. The van der Waals surface area contributed by atoms with E-state index in [0.29, 0.717) is 18.1 Å². The average Bonchev–Trinajstić information content (AvgIpc) is 2.73. The van der Waals surface area contributed by atoms with Crippen LogP contribution < -0.4 is 0 Å². The SMILES string of the molecule is CC(C)N1C2C=CC1c1ccccc12.Cl. The van der Waals surface area contributed by atoms with E-state index >= 15 is 0 Å². The summed E-state index contributed by atoms with van der Waals surface area (Å²) in [4.78, 5) is 2.57. The van der Waals surface area contributed by atoms with Gasteiger partial charge in [-0.05, 0) is 25.0 Å². The molecule has 1 aromatic rings. The van der Waals surface area contributed by atoms with Gasteiger partial charge in [0.25, 0.3) is 0 Å². The minimum absolute atomic E-state index is 0. The fourth-order valence-electron chi connectivity index (χ4n) is 2.80. The quantitative estimate of drug-likeness (QED) is 0.657. The van der Waals surface area contributed by atoms with Crippen LogP contribution in [0.15, 0.2) is 36.4 Å². The molecule has 0 spiro atoms. The Morgan fingerprint density at radius 1 is 1.00 bits per heavy atom. The predicted octanol–water partition coefficient (Wildman–Crippen LogP) is 3.48. The molecule has 2 aliphatic rings. The van der Waals surface area contributed by atoms with Crippen molar-refractivity contribution in [1.29, 1.82) is 0 Å². The maximum Gasteiger partial charge on any atom is 0.0547 e. The van der Waals surface area contributed by atoms with Crippen LogP contribution in [-0.4, -0.2) is 10.9 Å². The summed E-state index contributed by atoms with van der Waals surface area (Å²) in [6.07, 6.45) is 4.68. The molecule has 0 saturated heterocycles. The molecule has 3 rings (SSSR count). The second kappa shape index (κ2) is 3.66. The highest BCUT2D eigenvalue weighted by atomic mass is 35.5. The topological polar surface area (TPSA) is 3.24 Å². The number of hydrogen-bond acceptors (Lipinski definition) is 1. The van der Waals surface area contributed by atoms with Crippen molar-refractivity contribution in [3.8, 4) is 0 Å². The number of hydrogen-bond donors (Lipinski definition) is 0. The summed E-state index contributed by atoms with van der Waals surface area (Å²) in [5.41, 5.74) is 3.02. The normalized spacial score (nSPS) is 26.9. The molecule has 2 bridgehead atoms. The Labute approximate surface area is 97.2 Å². The molecular formula is C13H16ClN. The third-order valence-corrected chi connectivity index (χ3v) is 3.35. The maximum absolute atomic E-state index is 2.57. The first-order valence-electron chi connectivity index (χ1n) is 5.33. The molecule has 2 unspecified atom stereocenters. The van der Waals surface area contributed by atoms with Crippen molar-refractivity contribution in [2.45, 2.75) is 32.0 Å². The number of halogens is 1. The Hall–Kier alpha value is -0.790. The van der Waals surface area contributed by atoms with Crippen molar-refractivity contribution in [3.05, 3.63) is 47.5 Å². The zero-order valence-electron chi connectivity index (χ0n) is 9.05. The van der Waals surface area contributed by atoms with Gasteiger partial charge in [-0.2, -0.15) is 0 Å². The lowest BCUT2D eigenvalue weighted by Crippen LogP contribution is -2.27. The Balaban J connectivity index is 0.000000853. The fourth-order valence-corrected chi connectivity index (χ4v) is 2.80. The molecule has 0 fully saturated rings. The lowest BCUT2D eigenvalue weighted by atomic mass is 9.97. The largest absolute Gasteiger partial charge is 0.280 e. The molecule has 15 heavy (non-hydrogen) atoms. The molecule has 0 N–H and O–H groups in total. The summed E-state index contributed by atoms with van der Waals surface area (Å²) in [6.45, 7) is 4.55. The van der Waals surface area contributed by atoms with E-state index < -0.39 is 0 Å². The van der Waals surface area contributed by atoms with E-state index in [1.165, 1.54) is 11.1 Å². The van der Waals surface area contributed by atoms with Crippen LogP contribution in [0.2, 0.25) is 0 Å². The van der Waals surface area contributed by atoms with E-state index in [0.717, 1.165) is 0 Å². The van der Waals surface area contributed by atoms with Crippen molar-refractivity contribution in [2.24, 2.45) is 0 Å². The van der Waals surface area contributed by atoms with Gasteiger partial charge in [-0.15, -0.1) is 12.4 Å². The van der Waals surface area contributed by atoms with Gasteiger partial charge in [-0.1, -0.05) is 36.4 Å². The monoisotopic (exact) mass is 221 g/mol. The van der Waals surface area contributed by atoms with Gasteiger partial charge >= 0.3 is 0 Å². The van der Waals surface area contributed by atoms with E-state index in [1.54, 1.807) is 0 Å². The van der Waals surface area contributed by atoms with Crippen molar-refractivity contribution in [2.75, 3.05) is 0 Å². The molecule has 1 aromatic carbocycles. The van der Waals surface area contributed by atoms with Gasteiger partial charge in [-0.25, -0.2) is 0 Å². The highest BCUT2D eigenvalue weighted by Crippen LogP contribution is 2.49. The lowest BCUT2D eigenvalue weighted by Gasteiger charge is -2.26. The molecular weight excluding hydrogens is 206 g/mol. The van der Waals surface area contributed by atoms with Crippen LogP contribution >= 0.6 is 12.4 Å². The number of fused-ring (bicyclic) bond motifs is 5. The Bertz CT molecular complexity index is 364. The Morgan fingerprint density at radius 3 is 1.87 bits per heavy atom. The first kappa shape index (κ1) is 10.7. The maximum atomic E-state index is 2.57. The molecule has 0 saturated carbocycles. The average molecular weight is 222 g/mol. The number of nitrogens with zero attached hydrogens (tertiary/aromatic N) is 1. The van der Waals surface area contributed by atoms with Gasteiger partial charge in [0.05, 0.1) is 12.1 Å². The molecule has 2 heterocycles. The third kappa shape index (κ3) is 1.34. The molecule has 0 radical (unpaired) electrons. The van der Waals surface area contributed by atoms with Gasteiger partial charge in [0.2, 0.25) is 0 Å². The Morgan fingerprint density at radius 2 is 1.47 bits per heavy atom. The van der Waals surface area contributed by atoms with Crippen LogP contribution in [0.3, 0.4) is 0 Å². The standard InChI is InChI=1S/C13H15N.ClH/c1-9(2)14-12-7-8-13(14)11-6-4-3-5-10(11)12;/h3-9,12-13H,1-2H3;1H. The summed E-state index contributed by atoms with van der Waals surface area (Å²) >= 11 is 0. The molecule has 1 nitrogen and oxygen atoms in total. The molecule has 2 heteroatoms. The van der Waals surface area contributed by atoms with Crippen LogP contribution in [0, 0.1) is 0 Å². The summed E-state index contributed by atoms with van der Waals surface area (Å²) in [6, 6.07) is 10.5. The lowest BCUT2D eigenvalue weighted by molar-refractivity contribution is 0.188. The van der Waals surface area contributed by atoms with E-state index in [1.807, 2.05) is 0 Å². The highest BCUT2D eigenvalue weighted by Gasteiger charge is 2.40. The zero-order valence-corrected chi connectivity index (χ0v) is 9.87. The van der Waals surface area contributed by atoms with Gasteiger partial charge in [0.1, 0.15) is 0 Å². The molecule has 0 amide bonds. The van der Waals surface area contributed by atoms with Crippen LogP contribution in [0.1, 0.15) is 37.1 Å². The summed E-state index contributed by atoms with van der Waals surface area (Å²) in [7, 11) is 0.